The molecule has 2 aliphatic rings. The standard InChI is InChI=1S/C25H29NO.C10H18O.2C2H6.H2/c1-19(27)24-16-15-22(25-14-8-7-13-23(25)18-26)17-21(24)12-6-5-11-20-9-3-2-4-10-20;1-2-3-8-10(11)9-6-4-5-7-9;2*1-2;/h7-8,13-17,20H,2-6,9-12H2,1H3;9H,2-8H2,1H3;2*1-2H3;1H. The number of carbonyl (C=O) groups is 2. The van der Waals surface area contributed by atoms with Crippen molar-refractivity contribution in [2.24, 2.45) is 11.8 Å². The highest BCUT2D eigenvalue weighted by atomic mass is 16.1. The molecule has 2 fully saturated rings. The molecule has 2 aromatic rings. The monoisotopic (exact) mass is 575 g/mol. The zero-order valence-corrected chi connectivity index (χ0v) is 27.8. The van der Waals surface area contributed by atoms with Crippen molar-refractivity contribution in [3.8, 4) is 17.2 Å². The van der Waals surface area contributed by atoms with Crippen molar-refractivity contribution in [3.05, 3.63) is 59.2 Å². The highest BCUT2D eigenvalue weighted by Gasteiger charge is 2.21. The summed E-state index contributed by atoms with van der Waals surface area (Å²) in [6.45, 7) is 11.8. The van der Waals surface area contributed by atoms with Crippen LogP contribution in [-0.4, -0.2) is 11.6 Å². The molecule has 0 spiro atoms. The average molecular weight is 576 g/mol. The van der Waals surface area contributed by atoms with Gasteiger partial charge in [0.05, 0.1) is 11.6 Å². The third-order valence-electron chi connectivity index (χ3n) is 8.46. The molecule has 0 unspecified atom stereocenters. The summed E-state index contributed by atoms with van der Waals surface area (Å²) in [5, 5.41) is 9.38. The Morgan fingerprint density at radius 1 is 0.857 bits per heavy atom. The molecule has 3 nitrogen and oxygen atoms in total. The van der Waals surface area contributed by atoms with Crippen molar-refractivity contribution in [2.45, 2.75) is 144 Å². The number of aryl methyl sites for hydroxylation is 1. The van der Waals surface area contributed by atoms with E-state index in [1.807, 2.05) is 64.1 Å². The first-order chi connectivity index (χ1) is 20.5. The Kier molecular flexibility index (Phi) is 20.3. The molecule has 3 heteroatoms. The van der Waals surface area contributed by atoms with Gasteiger partial charge in [-0.2, -0.15) is 5.26 Å². The normalized spacial score (nSPS) is 14.7. The van der Waals surface area contributed by atoms with E-state index in [9.17, 15) is 14.9 Å². The molecule has 2 saturated carbocycles. The van der Waals surface area contributed by atoms with Gasteiger partial charge >= 0.3 is 0 Å². The van der Waals surface area contributed by atoms with Gasteiger partial charge in [0.1, 0.15) is 5.78 Å². The molecule has 234 valence electrons. The van der Waals surface area contributed by atoms with Crippen LogP contribution in [0.4, 0.5) is 0 Å². The van der Waals surface area contributed by atoms with Gasteiger partial charge in [0, 0.05) is 19.3 Å². The van der Waals surface area contributed by atoms with Crippen LogP contribution in [-0.2, 0) is 11.2 Å². The summed E-state index contributed by atoms with van der Waals surface area (Å²) in [5.41, 5.74) is 4.59. The van der Waals surface area contributed by atoms with Crippen LogP contribution in [0.3, 0.4) is 0 Å². The molecule has 0 heterocycles. The van der Waals surface area contributed by atoms with E-state index in [0.717, 1.165) is 60.3 Å². The number of carbonyl (C=O) groups excluding carboxylic acids is 2. The van der Waals surface area contributed by atoms with Crippen LogP contribution in [0.2, 0.25) is 0 Å². The number of hydrogen-bond donors (Lipinski definition) is 0. The number of rotatable bonds is 11. The second-order valence-corrected chi connectivity index (χ2v) is 11.4. The molecule has 2 aromatic carbocycles. The first-order valence-electron chi connectivity index (χ1n) is 17.2. The SMILES string of the molecule is CC.CC.CC(=O)c1ccc(-c2ccccc2C#N)cc1CCCCC1CCCCC1.CCCCC(=O)C1CCCC1.[HH]. The van der Waals surface area contributed by atoms with Crippen molar-refractivity contribution in [2.75, 3.05) is 0 Å². The van der Waals surface area contributed by atoms with Gasteiger partial charge in [0.15, 0.2) is 5.78 Å². The second-order valence-electron chi connectivity index (χ2n) is 11.4. The van der Waals surface area contributed by atoms with Gasteiger partial charge in [-0.1, -0.05) is 135 Å². The minimum absolute atomic E-state index is 0. The molecule has 0 saturated heterocycles. The highest BCUT2D eigenvalue weighted by Crippen LogP contribution is 2.30. The minimum Gasteiger partial charge on any atom is -0.299 e. The Balaban J connectivity index is 0.000000926. The molecule has 4 rings (SSSR count). The molecule has 0 aromatic heterocycles. The van der Waals surface area contributed by atoms with Crippen LogP contribution in [0.5, 0.6) is 0 Å². The highest BCUT2D eigenvalue weighted by molar-refractivity contribution is 5.96. The summed E-state index contributed by atoms with van der Waals surface area (Å²) in [6.07, 6.45) is 19.6. The van der Waals surface area contributed by atoms with Gasteiger partial charge in [0.25, 0.3) is 0 Å². The topological polar surface area (TPSA) is 57.9 Å². The van der Waals surface area contributed by atoms with E-state index < -0.39 is 0 Å². The van der Waals surface area contributed by atoms with Crippen LogP contribution >= 0.6 is 0 Å². The Labute approximate surface area is 260 Å². The number of ketones is 2. The molecular weight excluding hydrogens is 514 g/mol. The van der Waals surface area contributed by atoms with E-state index in [0.29, 0.717) is 17.3 Å². The van der Waals surface area contributed by atoms with E-state index >= 15 is 0 Å². The first-order valence-corrected chi connectivity index (χ1v) is 17.2. The smallest absolute Gasteiger partial charge is 0.160 e. The lowest BCUT2D eigenvalue weighted by atomic mass is 9.85. The van der Waals surface area contributed by atoms with Crippen LogP contribution in [0, 0.1) is 23.2 Å². The zero-order chi connectivity index (χ0) is 31.2. The summed E-state index contributed by atoms with van der Waals surface area (Å²) < 4.78 is 0. The van der Waals surface area contributed by atoms with Gasteiger partial charge in [-0.3, -0.25) is 9.59 Å². The van der Waals surface area contributed by atoms with E-state index in [1.54, 1.807) is 6.92 Å². The maximum atomic E-state index is 12.1. The second kappa shape index (κ2) is 22.8. The predicted octanol–water partition coefficient (Wildman–Crippen LogP) is 12.0. The Morgan fingerprint density at radius 3 is 2.12 bits per heavy atom. The maximum absolute atomic E-state index is 12.1. The average Bonchev–Trinajstić information content (AvgIpc) is 3.60. The molecule has 0 radical (unpaired) electrons. The van der Waals surface area contributed by atoms with Crippen molar-refractivity contribution >= 4 is 11.6 Å². The number of hydrogen-bond acceptors (Lipinski definition) is 3. The fourth-order valence-electron chi connectivity index (χ4n) is 6.17. The molecule has 0 atom stereocenters. The predicted molar refractivity (Wildman–Crippen MR) is 182 cm³/mol. The Bertz CT molecular complexity index is 1070. The summed E-state index contributed by atoms with van der Waals surface area (Å²) >= 11 is 0. The van der Waals surface area contributed by atoms with Gasteiger partial charge < -0.3 is 0 Å². The molecular formula is C39H61NO2. The quantitative estimate of drug-likeness (QED) is 0.198. The third kappa shape index (κ3) is 13.1. The van der Waals surface area contributed by atoms with Crippen LogP contribution < -0.4 is 0 Å². The van der Waals surface area contributed by atoms with Crippen molar-refractivity contribution in [1.82, 2.24) is 0 Å². The van der Waals surface area contributed by atoms with Gasteiger partial charge in [0.2, 0.25) is 0 Å². The van der Waals surface area contributed by atoms with Gasteiger partial charge in [-0.15, -0.1) is 0 Å². The zero-order valence-electron chi connectivity index (χ0n) is 27.8. The molecule has 0 aliphatic heterocycles. The van der Waals surface area contributed by atoms with Crippen LogP contribution in [0.1, 0.15) is 161 Å². The summed E-state index contributed by atoms with van der Waals surface area (Å²) in [4.78, 5) is 23.5. The Morgan fingerprint density at radius 2 is 1.50 bits per heavy atom. The van der Waals surface area contributed by atoms with E-state index in [2.05, 4.69) is 19.1 Å². The van der Waals surface area contributed by atoms with Gasteiger partial charge in [-0.05, 0) is 67.7 Å². The molecule has 0 amide bonds. The van der Waals surface area contributed by atoms with E-state index in [4.69, 9.17) is 0 Å². The number of Topliss-reactive ketones (excluding diaryl/α,β-unsaturated/α-hetero) is 2. The molecule has 2 aliphatic carbocycles. The molecule has 42 heavy (non-hydrogen) atoms. The van der Waals surface area contributed by atoms with Crippen molar-refractivity contribution < 1.29 is 11.0 Å². The van der Waals surface area contributed by atoms with Crippen molar-refractivity contribution in [3.63, 3.8) is 0 Å². The number of unbranched alkanes of at least 4 members (excludes halogenated alkanes) is 2. The number of nitriles is 1. The fraction of sp³-hybridized carbons (Fsp3) is 0.615. The van der Waals surface area contributed by atoms with Crippen LogP contribution in [0.25, 0.3) is 11.1 Å². The molecule has 0 N–H and O–H groups in total. The summed E-state index contributed by atoms with van der Waals surface area (Å²) in [6, 6.07) is 16.0. The first kappa shape index (κ1) is 37.3. The molecule has 0 bridgehead atoms. The Hall–Kier alpha value is -2.73. The van der Waals surface area contributed by atoms with Crippen molar-refractivity contribution in [1.29, 1.82) is 5.26 Å². The minimum atomic E-state index is 0. The lowest BCUT2D eigenvalue weighted by Crippen LogP contribution is -2.09. The summed E-state index contributed by atoms with van der Waals surface area (Å²) in [5.74, 6) is 2.02. The maximum Gasteiger partial charge on any atom is 0.160 e. The summed E-state index contributed by atoms with van der Waals surface area (Å²) in [7, 11) is 0. The largest absolute Gasteiger partial charge is 0.299 e. The van der Waals surface area contributed by atoms with Gasteiger partial charge in [-0.25, -0.2) is 0 Å². The fourth-order valence-corrected chi connectivity index (χ4v) is 6.17. The van der Waals surface area contributed by atoms with E-state index in [1.165, 1.54) is 70.6 Å². The van der Waals surface area contributed by atoms with E-state index in [-0.39, 0.29) is 7.21 Å². The lowest BCUT2D eigenvalue weighted by molar-refractivity contribution is -0.122. The van der Waals surface area contributed by atoms with Crippen LogP contribution in [0.15, 0.2) is 42.5 Å². The lowest BCUT2D eigenvalue weighted by Gasteiger charge is -2.21. The third-order valence-corrected chi connectivity index (χ3v) is 8.46. The number of nitrogens with zero attached hydrogens (tertiary/aromatic N) is 1. The number of benzene rings is 2.